The van der Waals surface area contributed by atoms with Crippen LogP contribution in [-0.2, 0) is 11.3 Å². The lowest BCUT2D eigenvalue weighted by atomic mass is 9.91. The van der Waals surface area contributed by atoms with Crippen LogP contribution in [0.15, 0.2) is 29.3 Å². The molecule has 3 rings (SSSR count). The molecule has 1 aliphatic rings. The molecule has 0 atom stereocenters. The van der Waals surface area contributed by atoms with E-state index >= 15 is 0 Å². The Morgan fingerprint density at radius 2 is 2.00 bits per heavy atom. The number of nitrogens with zero attached hydrogens (tertiary/aromatic N) is 3. The van der Waals surface area contributed by atoms with Gasteiger partial charge in [0.15, 0.2) is 0 Å². The van der Waals surface area contributed by atoms with Gasteiger partial charge >= 0.3 is 6.09 Å². The van der Waals surface area contributed by atoms with Gasteiger partial charge in [0.1, 0.15) is 5.60 Å². The van der Waals surface area contributed by atoms with E-state index in [2.05, 4.69) is 4.98 Å². The highest BCUT2D eigenvalue weighted by Gasteiger charge is 2.36. The van der Waals surface area contributed by atoms with E-state index in [1.54, 1.807) is 23.1 Å². The Balaban J connectivity index is 1.71. The number of hydrogen-bond acceptors (Lipinski definition) is 6. The molecule has 1 aromatic carbocycles. The van der Waals surface area contributed by atoms with Crippen molar-refractivity contribution in [1.82, 2.24) is 14.5 Å². The summed E-state index contributed by atoms with van der Waals surface area (Å²) < 4.78 is 6.79. The third kappa shape index (κ3) is 4.39. The molecule has 1 saturated heterocycles. The number of rotatable bonds is 2. The van der Waals surface area contributed by atoms with E-state index in [0.29, 0.717) is 42.5 Å². The quantitative estimate of drug-likeness (QED) is 0.775. The predicted molar refractivity (Wildman–Crippen MR) is 102 cm³/mol. The van der Waals surface area contributed by atoms with Crippen molar-refractivity contribution in [3.63, 3.8) is 0 Å². The highest BCUT2D eigenvalue weighted by atomic mass is 16.6. The van der Waals surface area contributed by atoms with Crippen molar-refractivity contribution in [2.45, 2.75) is 51.4 Å². The van der Waals surface area contributed by atoms with E-state index in [4.69, 9.17) is 10.5 Å². The average molecular weight is 374 g/mol. The molecule has 8 nitrogen and oxygen atoms in total. The molecule has 1 amide bonds. The highest BCUT2D eigenvalue weighted by molar-refractivity contribution is 5.80. The summed E-state index contributed by atoms with van der Waals surface area (Å²) in [6.07, 6.45) is 1.77. The lowest BCUT2D eigenvalue weighted by molar-refractivity contribution is -0.0419. The minimum Gasteiger partial charge on any atom is -0.444 e. The second-order valence-corrected chi connectivity index (χ2v) is 8.15. The number of amides is 1. The van der Waals surface area contributed by atoms with Crippen molar-refractivity contribution >= 4 is 22.7 Å². The molecule has 146 valence electrons. The van der Waals surface area contributed by atoms with Gasteiger partial charge in [-0.2, -0.15) is 0 Å². The van der Waals surface area contributed by atoms with E-state index in [1.165, 1.54) is 10.9 Å². The standard InChI is InChI=1S/C19H26N4O4/c1-18(2,3)27-17(25)22-8-6-19(26,7-9-22)11-23-12-21-15-10-13(20)4-5-14(15)16(23)24/h4-5,10,12,26H,6-9,11,20H2,1-3H3. The lowest BCUT2D eigenvalue weighted by Crippen LogP contribution is -2.50. The number of fused-ring (bicyclic) bond motifs is 1. The number of likely N-dealkylation sites (tertiary alicyclic amines) is 1. The van der Waals surface area contributed by atoms with Crippen LogP contribution in [0.1, 0.15) is 33.6 Å². The second-order valence-electron chi connectivity index (χ2n) is 8.15. The Labute approximate surface area is 157 Å². The van der Waals surface area contributed by atoms with Crippen molar-refractivity contribution in [3.8, 4) is 0 Å². The second kappa shape index (κ2) is 6.84. The summed E-state index contributed by atoms with van der Waals surface area (Å²) in [5.41, 5.74) is 4.94. The molecular weight excluding hydrogens is 348 g/mol. The van der Waals surface area contributed by atoms with E-state index in [1.807, 2.05) is 20.8 Å². The number of ether oxygens (including phenoxy) is 1. The zero-order valence-corrected chi connectivity index (χ0v) is 15.9. The number of nitrogens with two attached hydrogens (primary N) is 1. The van der Waals surface area contributed by atoms with Gasteiger partial charge in [-0.05, 0) is 51.8 Å². The minimum absolute atomic E-state index is 0.126. The first-order valence-corrected chi connectivity index (χ1v) is 9.01. The Kier molecular flexibility index (Phi) is 4.86. The summed E-state index contributed by atoms with van der Waals surface area (Å²) in [4.78, 5) is 30.7. The van der Waals surface area contributed by atoms with E-state index in [-0.39, 0.29) is 18.2 Å². The predicted octanol–water partition coefficient (Wildman–Crippen LogP) is 1.74. The number of carbonyl (C=O) groups is 1. The van der Waals surface area contributed by atoms with Crippen LogP contribution >= 0.6 is 0 Å². The zero-order chi connectivity index (χ0) is 19.8. The fraction of sp³-hybridized carbons (Fsp3) is 0.526. The van der Waals surface area contributed by atoms with Gasteiger partial charge in [-0.3, -0.25) is 9.36 Å². The van der Waals surface area contributed by atoms with E-state index in [0.717, 1.165) is 0 Å². The van der Waals surface area contributed by atoms with Crippen LogP contribution in [0.4, 0.5) is 10.5 Å². The topological polar surface area (TPSA) is 111 Å². The van der Waals surface area contributed by atoms with Crippen molar-refractivity contribution in [2.24, 2.45) is 0 Å². The largest absolute Gasteiger partial charge is 0.444 e. The fourth-order valence-electron chi connectivity index (χ4n) is 3.20. The molecule has 0 bridgehead atoms. The number of carbonyl (C=O) groups excluding carboxylic acids is 1. The number of nitrogen functional groups attached to an aromatic ring is 1. The van der Waals surface area contributed by atoms with Crippen LogP contribution in [0.25, 0.3) is 10.9 Å². The molecular formula is C19H26N4O4. The first-order valence-electron chi connectivity index (χ1n) is 9.01. The van der Waals surface area contributed by atoms with Gasteiger partial charge in [0.05, 0.1) is 29.4 Å². The van der Waals surface area contributed by atoms with Gasteiger partial charge in [0.2, 0.25) is 0 Å². The summed E-state index contributed by atoms with van der Waals surface area (Å²) in [5.74, 6) is 0. The molecule has 1 aliphatic heterocycles. The maximum Gasteiger partial charge on any atom is 0.410 e. The molecule has 3 N–H and O–H groups in total. The van der Waals surface area contributed by atoms with Crippen molar-refractivity contribution in [3.05, 3.63) is 34.9 Å². The molecule has 0 radical (unpaired) electrons. The highest BCUT2D eigenvalue weighted by Crippen LogP contribution is 2.25. The summed E-state index contributed by atoms with van der Waals surface area (Å²) in [6.45, 7) is 6.32. The summed E-state index contributed by atoms with van der Waals surface area (Å²) in [7, 11) is 0. The summed E-state index contributed by atoms with van der Waals surface area (Å²) >= 11 is 0. The fourth-order valence-corrected chi connectivity index (χ4v) is 3.20. The smallest absolute Gasteiger partial charge is 0.410 e. The maximum atomic E-state index is 12.7. The van der Waals surface area contributed by atoms with Gasteiger partial charge in [-0.25, -0.2) is 9.78 Å². The third-order valence-corrected chi connectivity index (χ3v) is 4.66. The number of aromatic nitrogens is 2. The van der Waals surface area contributed by atoms with Gasteiger partial charge in [0, 0.05) is 18.8 Å². The first-order chi connectivity index (χ1) is 12.6. The Bertz CT molecular complexity index is 908. The molecule has 0 spiro atoms. The van der Waals surface area contributed by atoms with Crippen LogP contribution < -0.4 is 11.3 Å². The van der Waals surface area contributed by atoms with Gasteiger partial charge in [0.25, 0.3) is 5.56 Å². The van der Waals surface area contributed by atoms with Gasteiger partial charge < -0.3 is 20.5 Å². The van der Waals surface area contributed by atoms with Crippen molar-refractivity contribution < 1.29 is 14.6 Å². The molecule has 2 aromatic rings. The molecule has 2 heterocycles. The van der Waals surface area contributed by atoms with Crippen LogP contribution in [0.5, 0.6) is 0 Å². The molecule has 1 fully saturated rings. The lowest BCUT2D eigenvalue weighted by Gasteiger charge is -2.38. The monoisotopic (exact) mass is 374 g/mol. The molecule has 0 saturated carbocycles. The average Bonchev–Trinajstić information content (AvgIpc) is 2.56. The molecule has 1 aromatic heterocycles. The number of anilines is 1. The number of benzene rings is 1. The SMILES string of the molecule is CC(C)(C)OC(=O)N1CCC(O)(Cn2cnc3cc(N)ccc3c2=O)CC1. The van der Waals surface area contributed by atoms with E-state index < -0.39 is 11.2 Å². The summed E-state index contributed by atoms with van der Waals surface area (Å²) in [6, 6.07) is 4.95. The zero-order valence-electron chi connectivity index (χ0n) is 15.9. The first kappa shape index (κ1) is 19.2. The normalized spacial score (nSPS) is 17.1. The minimum atomic E-state index is -1.08. The summed E-state index contributed by atoms with van der Waals surface area (Å²) in [5, 5.41) is 11.4. The molecule has 0 unspecified atom stereocenters. The Morgan fingerprint density at radius 1 is 1.33 bits per heavy atom. The number of hydrogen-bond donors (Lipinski definition) is 2. The third-order valence-electron chi connectivity index (χ3n) is 4.66. The van der Waals surface area contributed by atoms with Crippen LogP contribution in [-0.4, -0.2) is 49.9 Å². The Morgan fingerprint density at radius 3 is 2.63 bits per heavy atom. The molecule has 8 heteroatoms. The molecule has 0 aliphatic carbocycles. The van der Waals surface area contributed by atoms with Crippen LogP contribution in [0.2, 0.25) is 0 Å². The number of aliphatic hydroxyl groups is 1. The van der Waals surface area contributed by atoms with Crippen molar-refractivity contribution in [2.75, 3.05) is 18.8 Å². The van der Waals surface area contributed by atoms with Gasteiger partial charge in [-0.1, -0.05) is 0 Å². The molecule has 27 heavy (non-hydrogen) atoms. The Hall–Kier alpha value is -2.61. The van der Waals surface area contributed by atoms with E-state index in [9.17, 15) is 14.7 Å². The number of piperidine rings is 1. The van der Waals surface area contributed by atoms with Crippen molar-refractivity contribution in [1.29, 1.82) is 0 Å². The van der Waals surface area contributed by atoms with Crippen LogP contribution in [0.3, 0.4) is 0 Å². The maximum absolute atomic E-state index is 12.7. The van der Waals surface area contributed by atoms with Crippen LogP contribution in [0, 0.1) is 0 Å². The van der Waals surface area contributed by atoms with Gasteiger partial charge in [-0.15, -0.1) is 0 Å².